The van der Waals surface area contributed by atoms with Crippen molar-refractivity contribution in [3.8, 4) is 5.75 Å². The van der Waals surface area contributed by atoms with Gasteiger partial charge < -0.3 is 19.7 Å². The maximum Gasteiger partial charge on any atom is 0.257 e. The molecule has 2 aromatic rings. The number of thiocarbonyl (C=S) groups is 1. The maximum absolute atomic E-state index is 12.5. The van der Waals surface area contributed by atoms with Crippen molar-refractivity contribution in [2.24, 2.45) is 0 Å². The molecule has 30 heavy (non-hydrogen) atoms. The number of benzene rings is 2. The zero-order valence-electron chi connectivity index (χ0n) is 16.4. The normalized spacial score (nSPS) is 13.5. The number of morpholine rings is 1. The van der Waals surface area contributed by atoms with Gasteiger partial charge >= 0.3 is 0 Å². The van der Waals surface area contributed by atoms with E-state index in [1.807, 2.05) is 6.92 Å². The predicted molar refractivity (Wildman–Crippen MR) is 119 cm³/mol. The highest BCUT2D eigenvalue weighted by Gasteiger charge is 2.18. The Bertz CT molecular complexity index is 930. The van der Waals surface area contributed by atoms with Gasteiger partial charge in [0, 0.05) is 29.9 Å². The molecule has 158 valence electrons. The van der Waals surface area contributed by atoms with Crippen LogP contribution in [0.5, 0.6) is 5.75 Å². The summed E-state index contributed by atoms with van der Waals surface area (Å²) >= 11 is 11.3. The molecule has 1 fully saturated rings. The lowest BCUT2D eigenvalue weighted by Gasteiger charge is -2.26. The lowest BCUT2D eigenvalue weighted by Crippen LogP contribution is -2.40. The van der Waals surface area contributed by atoms with Crippen LogP contribution in [-0.2, 0) is 4.74 Å². The van der Waals surface area contributed by atoms with Crippen LogP contribution in [-0.4, -0.2) is 54.7 Å². The van der Waals surface area contributed by atoms with Crippen molar-refractivity contribution in [2.45, 2.75) is 6.92 Å². The third kappa shape index (κ3) is 5.69. The molecule has 1 heterocycles. The molecule has 1 aliphatic heterocycles. The molecular formula is C21H22ClN3O4S. The fourth-order valence-corrected chi connectivity index (χ4v) is 3.34. The Hall–Kier alpha value is -2.68. The molecule has 0 atom stereocenters. The zero-order valence-corrected chi connectivity index (χ0v) is 18.0. The number of carbonyl (C=O) groups excluding carboxylic acids is 2. The second-order valence-corrected chi connectivity index (χ2v) is 7.28. The quantitative estimate of drug-likeness (QED) is 0.684. The second kappa shape index (κ2) is 10.4. The van der Waals surface area contributed by atoms with Gasteiger partial charge in [0.25, 0.3) is 11.8 Å². The van der Waals surface area contributed by atoms with E-state index in [4.69, 9.17) is 33.3 Å². The van der Waals surface area contributed by atoms with Crippen LogP contribution in [0.3, 0.4) is 0 Å². The molecule has 0 aromatic heterocycles. The van der Waals surface area contributed by atoms with E-state index < -0.39 is 5.91 Å². The number of hydrogen-bond acceptors (Lipinski definition) is 5. The number of amides is 2. The molecule has 0 spiro atoms. The number of ether oxygens (including phenoxy) is 2. The van der Waals surface area contributed by atoms with Crippen molar-refractivity contribution in [3.05, 3.63) is 58.6 Å². The van der Waals surface area contributed by atoms with Gasteiger partial charge in [-0.15, -0.1) is 0 Å². The summed E-state index contributed by atoms with van der Waals surface area (Å²) < 4.78 is 10.6. The summed E-state index contributed by atoms with van der Waals surface area (Å²) in [5.74, 6) is 0.0906. The van der Waals surface area contributed by atoms with Crippen molar-refractivity contribution in [3.63, 3.8) is 0 Å². The van der Waals surface area contributed by atoms with E-state index in [1.54, 1.807) is 41.3 Å². The molecule has 0 saturated carbocycles. The average Bonchev–Trinajstić information content (AvgIpc) is 2.76. The first-order valence-corrected chi connectivity index (χ1v) is 10.3. The zero-order chi connectivity index (χ0) is 21.5. The topological polar surface area (TPSA) is 79.9 Å². The lowest BCUT2D eigenvalue weighted by molar-refractivity contribution is 0.0303. The molecule has 1 saturated heterocycles. The van der Waals surface area contributed by atoms with Gasteiger partial charge in [-0.1, -0.05) is 11.6 Å². The van der Waals surface area contributed by atoms with E-state index in [-0.39, 0.29) is 11.0 Å². The van der Waals surface area contributed by atoms with Gasteiger partial charge in [0.1, 0.15) is 5.75 Å². The molecule has 0 bridgehead atoms. The van der Waals surface area contributed by atoms with Crippen molar-refractivity contribution in [1.29, 1.82) is 0 Å². The number of hydrogen-bond donors (Lipinski definition) is 2. The third-order valence-corrected chi connectivity index (χ3v) is 4.91. The number of nitrogens with one attached hydrogen (secondary N) is 2. The van der Waals surface area contributed by atoms with E-state index >= 15 is 0 Å². The van der Waals surface area contributed by atoms with Crippen LogP contribution in [0.4, 0.5) is 5.69 Å². The fourth-order valence-electron chi connectivity index (χ4n) is 2.90. The van der Waals surface area contributed by atoms with Gasteiger partial charge in [-0.2, -0.15) is 0 Å². The van der Waals surface area contributed by atoms with Crippen molar-refractivity contribution in [1.82, 2.24) is 10.2 Å². The third-order valence-electron chi connectivity index (χ3n) is 4.41. The first kappa shape index (κ1) is 22.0. The summed E-state index contributed by atoms with van der Waals surface area (Å²) in [4.78, 5) is 26.6. The Kier molecular flexibility index (Phi) is 7.62. The standard InChI is InChI=1S/C21H22ClN3O4S/c1-2-29-18-8-5-15(13-17(18)22)19(26)24-21(30)23-16-6-3-14(4-7-16)20(27)25-9-11-28-12-10-25/h3-8,13H,2,9-12H2,1H3,(H2,23,24,26,30). The van der Waals surface area contributed by atoms with Crippen LogP contribution in [0.25, 0.3) is 0 Å². The van der Waals surface area contributed by atoms with Crippen molar-refractivity contribution in [2.75, 3.05) is 38.2 Å². The second-order valence-electron chi connectivity index (χ2n) is 6.47. The highest BCUT2D eigenvalue weighted by Crippen LogP contribution is 2.25. The van der Waals surface area contributed by atoms with E-state index in [0.29, 0.717) is 60.5 Å². The van der Waals surface area contributed by atoms with E-state index in [2.05, 4.69) is 10.6 Å². The molecule has 0 aliphatic carbocycles. The monoisotopic (exact) mass is 447 g/mol. The van der Waals surface area contributed by atoms with E-state index in [0.717, 1.165) is 0 Å². The summed E-state index contributed by atoms with van der Waals surface area (Å²) in [7, 11) is 0. The smallest absolute Gasteiger partial charge is 0.257 e. The Labute approximate surface area is 185 Å². The molecule has 1 aliphatic rings. The van der Waals surface area contributed by atoms with Crippen LogP contribution in [0.15, 0.2) is 42.5 Å². The Morgan fingerprint density at radius 1 is 1.13 bits per heavy atom. The van der Waals surface area contributed by atoms with Crippen LogP contribution >= 0.6 is 23.8 Å². The highest BCUT2D eigenvalue weighted by molar-refractivity contribution is 7.80. The maximum atomic E-state index is 12.5. The molecular weight excluding hydrogens is 426 g/mol. The number of rotatable bonds is 5. The first-order chi connectivity index (χ1) is 14.5. The van der Waals surface area contributed by atoms with Gasteiger partial charge in [0.15, 0.2) is 5.11 Å². The van der Waals surface area contributed by atoms with Gasteiger partial charge in [0.2, 0.25) is 0 Å². The Morgan fingerprint density at radius 2 is 1.80 bits per heavy atom. The Balaban J connectivity index is 1.56. The molecule has 3 rings (SSSR count). The SMILES string of the molecule is CCOc1ccc(C(=O)NC(=S)Nc2ccc(C(=O)N3CCOCC3)cc2)cc1Cl. The molecule has 2 aromatic carbocycles. The lowest BCUT2D eigenvalue weighted by atomic mass is 10.1. The minimum atomic E-state index is -0.392. The minimum Gasteiger partial charge on any atom is -0.492 e. The Morgan fingerprint density at radius 3 is 2.43 bits per heavy atom. The highest BCUT2D eigenvalue weighted by atomic mass is 35.5. The van der Waals surface area contributed by atoms with Crippen LogP contribution in [0.2, 0.25) is 5.02 Å². The predicted octanol–water partition coefficient (Wildman–Crippen LogP) is 3.34. The van der Waals surface area contributed by atoms with Gasteiger partial charge in [0.05, 0.1) is 24.8 Å². The summed E-state index contributed by atoms with van der Waals surface area (Å²) in [6.07, 6.45) is 0. The molecule has 2 N–H and O–H groups in total. The largest absolute Gasteiger partial charge is 0.492 e. The van der Waals surface area contributed by atoms with E-state index in [9.17, 15) is 9.59 Å². The van der Waals surface area contributed by atoms with Gasteiger partial charge in [-0.3, -0.25) is 14.9 Å². The molecule has 2 amide bonds. The number of anilines is 1. The summed E-state index contributed by atoms with van der Waals surface area (Å²) in [5.41, 5.74) is 1.60. The molecule has 0 radical (unpaired) electrons. The fraction of sp³-hybridized carbons (Fsp3) is 0.286. The molecule has 0 unspecified atom stereocenters. The van der Waals surface area contributed by atoms with E-state index in [1.165, 1.54) is 6.07 Å². The summed E-state index contributed by atoms with van der Waals surface area (Å²) in [6, 6.07) is 11.7. The molecule has 7 nitrogen and oxygen atoms in total. The van der Waals surface area contributed by atoms with Gasteiger partial charge in [-0.05, 0) is 61.6 Å². The van der Waals surface area contributed by atoms with Crippen LogP contribution in [0, 0.1) is 0 Å². The number of carbonyl (C=O) groups is 2. The van der Waals surface area contributed by atoms with Gasteiger partial charge in [-0.25, -0.2) is 0 Å². The first-order valence-electron chi connectivity index (χ1n) is 9.49. The summed E-state index contributed by atoms with van der Waals surface area (Å²) in [6.45, 7) is 4.62. The van der Waals surface area contributed by atoms with Crippen LogP contribution < -0.4 is 15.4 Å². The summed E-state index contributed by atoms with van der Waals surface area (Å²) in [5, 5.41) is 6.02. The van der Waals surface area contributed by atoms with Crippen molar-refractivity contribution >= 4 is 46.4 Å². The molecule has 9 heteroatoms. The van der Waals surface area contributed by atoms with Crippen LogP contribution in [0.1, 0.15) is 27.6 Å². The number of nitrogens with zero attached hydrogens (tertiary/aromatic N) is 1. The minimum absolute atomic E-state index is 0.0342. The number of halogens is 1. The average molecular weight is 448 g/mol. The van der Waals surface area contributed by atoms with Crippen molar-refractivity contribution < 1.29 is 19.1 Å².